The quantitative estimate of drug-likeness (QED) is 0.756. The number of anilines is 1. The number of aryl methyl sites for hydroxylation is 2. The molecule has 2 aromatic rings. The minimum Gasteiger partial charge on any atom is -0.453 e. The Morgan fingerprint density at radius 2 is 1.78 bits per heavy atom. The fourth-order valence-electron chi connectivity index (χ4n) is 2.55. The van der Waals surface area contributed by atoms with E-state index in [-0.39, 0.29) is 18.0 Å². The topological polar surface area (TPSA) is 64.6 Å². The van der Waals surface area contributed by atoms with Crippen LogP contribution >= 0.6 is 0 Å². The predicted octanol–water partition coefficient (Wildman–Crippen LogP) is 4.81. The third kappa shape index (κ3) is 5.73. The second-order valence-electron chi connectivity index (χ2n) is 5.89. The number of carbonyl (C=O) groups is 2. The molecule has 0 fully saturated rings. The number of ketones is 1. The molecule has 0 radical (unpaired) electrons. The molecule has 2 rings (SSSR count). The van der Waals surface area contributed by atoms with E-state index in [0.29, 0.717) is 27.9 Å². The molecule has 0 saturated carbocycles. The molecule has 0 unspecified atom stereocenters. The molecule has 144 valence electrons. The van der Waals surface area contributed by atoms with Gasteiger partial charge in [0.2, 0.25) is 0 Å². The molecular formula is C19H18F3NO4. The number of alkyl halides is 3. The number of amides is 1. The molecule has 0 aliphatic rings. The van der Waals surface area contributed by atoms with Crippen LogP contribution in [0.2, 0.25) is 0 Å². The summed E-state index contributed by atoms with van der Waals surface area (Å²) in [4.78, 5) is 23.9. The van der Waals surface area contributed by atoms with Crippen molar-refractivity contribution in [3.05, 3.63) is 58.7 Å². The molecule has 0 aliphatic heterocycles. The first-order valence-corrected chi connectivity index (χ1v) is 7.93. The number of methoxy groups -OCH3 is 1. The predicted molar refractivity (Wildman–Crippen MR) is 93.1 cm³/mol. The van der Waals surface area contributed by atoms with Gasteiger partial charge in [0.15, 0.2) is 5.78 Å². The number of hydrogen-bond donors (Lipinski definition) is 1. The van der Waals surface area contributed by atoms with Crippen molar-refractivity contribution in [3.8, 4) is 5.75 Å². The summed E-state index contributed by atoms with van der Waals surface area (Å²) in [5.41, 5.74) is 2.61. The normalized spacial score (nSPS) is 11.0. The molecule has 1 N–H and O–H groups in total. The molecule has 0 saturated heterocycles. The second kappa shape index (κ2) is 8.11. The molecule has 0 bridgehead atoms. The second-order valence-corrected chi connectivity index (χ2v) is 5.89. The Labute approximate surface area is 154 Å². The van der Waals surface area contributed by atoms with Crippen LogP contribution in [0.3, 0.4) is 0 Å². The average molecular weight is 381 g/mol. The number of Topliss-reactive ketones (excluding diaryl/α,β-unsaturated/α-hetero) is 1. The zero-order valence-corrected chi connectivity index (χ0v) is 14.9. The molecule has 8 heteroatoms. The Balaban J connectivity index is 2.20. The SMILES string of the molecule is COC(=O)Nc1cc(C)c(C(=O)Cc2cccc(OC(F)(F)F)c2)cc1C. The number of rotatable bonds is 5. The van der Waals surface area contributed by atoms with E-state index < -0.39 is 12.5 Å². The van der Waals surface area contributed by atoms with E-state index in [9.17, 15) is 22.8 Å². The van der Waals surface area contributed by atoms with Crippen molar-refractivity contribution in [2.75, 3.05) is 12.4 Å². The van der Waals surface area contributed by atoms with E-state index in [1.807, 2.05) is 0 Å². The summed E-state index contributed by atoms with van der Waals surface area (Å²) in [7, 11) is 1.24. The maximum atomic E-state index is 12.6. The molecule has 5 nitrogen and oxygen atoms in total. The van der Waals surface area contributed by atoms with Crippen LogP contribution in [-0.2, 0) is 11.2 Å². The molecule has 0 spiro atoms. The first kappa shape index (κ1) is 20.3. The Hall–Kier alpha value is -3.03. The summed E-state index contributed by atoms with van der Waals surface area (Å²) >= 11 is 0. The zero-order valence-electron chi connectivity index (χ0n) is 14.9. The zero-order chi connectivity index (χ0) is 20.2. The van der Waals surface area contributed by atoms with Gasteiger partial charge in [-0.1, -0.05) is 12.1 Å². The van der Waals surface area contributed by atoms with Crippen LogP contribution in [0.5, 0.6) is 5.75 Å². The number of benzene rings is 2. The molecule has 0 aromatic heterocycles. The van der Waals surface area contributed by atoms with Gasteiger partial charge in [0.25, 0.3) is 0 Å². The van der Waals surface area contributed by atoms with Crippen LogP contribution in [0.15, 0.2) is 36.4 Å². The summed E-state index contributed by atoms with van der Waals surface area (Å²) < 4.78 is 45.4. The highest BCUT2D eigenvalue weighted by atomic mass is 19.4. The highest BCUT2D eigenvalue weighted by Crippen LogP contribution is 2.25. The van der Waals surface area contributed by atoms with E-state index in [0.717, 1.165) is 0 Å². The molecule has 0 heterocycles. The minimum absolute atomic E-state index is 0.0842. The highest BCUT2D eigenvalue weighted by molar-refractivity contribution is 6.00. The lowest BCUT2D eigenvalue weighted by Crippen LogP contribution is -2.17. The van der Waals surface area contributed by atoms with Crippen molar-refractivity contribution in [3.63, 3.8) is 0 Å². The Morgan fingerprint density at radius 1 is 1.07 bits per heavy atom. The monoisotopic (exact) mass is 381 g/mol. The van der Waals surface area contributed by atoms with E-state index >= 15 is 0 Å². The van der Waals surface area contributed by atoms with Gasteiger partial charge in [-0.25, -0.2) is 4.79 Å². The van der Waals surface area contributed by atoms with Gasteiger partial charge < -0.3 is 9.47 Å². The average Bonchev–Trinajstić information content (AvgIpc) is 2.56. The van der Waals surface area contributed by atoms with Crippen molar-refractivity contribution in [2.24, 2.45) is 0 Å². The highest BCUT2D eigenvalue weighted by Gasteiger charge is 2.31. The van der Waals surface area contributed by atoms with Gasteiger partial charge in [-0.3, -0.25) is 10.1 Å². The van der Waals surface area contributed by atoms with Crippen molar-refractivity contribution < 1.29 is 32.2 Å². The van der Waals surface area contributed by atoms with Crippen LogP contribution in [0.1, 0.15) is 27.0 Å². The number of carbonyl (C=O) groups excluding carboxylic acids is 2. The van der Waals surface area contributed by atoms with Crippen molar-refractivity contribution in [1.82, 2.24) is 0 Å². The first-order valence-electron chi connectivity index (χ1n) is 7.93. The van der Waals surface area contributed by atoms with Crippen molar-refractivity contribution >= 4 is 17.6 Å². The summed E-state index contributed by atoms with van der Waals surface area (Å²) in [5.74, 6) is -0.636. The summed E-state index contributed by atoms with van der Waals surface area (Å²) in [5, 5.41) is 2.55. The number of halogens is 3. The van der Waals surface area contributed by atoms with Crippen LogP contribution in [-0.4, -0.2) is 25.3 Å². The van der Waals surface area contributed by atoms with E-state index in [1.54, 1.807) is 32.0 Å². The molecule has 0 aliphatic carbocycles. The summed E-state index contributed by atoms with van der Waals surface area (Å²) in [6.45, 7) is 3.43. The molecule has 27 heavy (non-hydrogen) atoms. The maximum Gasteiger partial charge on any atom is 0.573 e. The minimum atomic E-state index is -4.79. The van der Waals surface area contributed by atoms with Crippen LogP contribution < -0.4 is 10.1 Å². The van der Waals surface area contributed by atoms with Gasteiger partial charge >= 0.3 is 12.5 Å². The van der Waals surface area contributed by atoms with Gasteiger partial charge in [0.1, 0.15) is 5.75 Å². The third-order valence-corrected chi connectivity index (χ3v) is 3.79. The molecule has 1 amide bonds. The van der Waals surface area contributed by atoms with Crippen LogP contribution in [0.4, 0.5) is 23.7 Å². The fourth-order valence-corrected chi connectivity index (χ4v) is 2.55. The van der Waals surface area contributed by atoms with Gasteiger partial charge in [-0.2, -0.15) is 0 Å². The smallest absolute Gasteiger partial charge is 0.453 e. The van der Waals surface area contributed by atoms with E-state index in [2.05, 4.69) is 14.8 Å². The Bertz CT molecular complexity index is 863. The maximum absolute atomic E-state index is 12.6. The number of ether oxygens (including phenoxy) is 2. The third-order valence-electron chi connectivity index (χ3n) is 3.79. The van der Waals surface area contributed by atoms with Crippen molar-refractivity contribution in [1.29, 1.82) is 0 Å². The summed E-state index contributed by atoms with van der Waals surface area (Å²) in [6.07, 6.45) is -5.50. The summed E-state index contributed by atoms with van der Waals surface area (Å²) in [6, 6.07) is 8.56. The van der Waals surface area contributed by atoms with E-state index in [1.165, 1.54) is 25.3 Å². The fraction of sp³-hybridized carbons (Fsp3) is 0.263. The Morgan fingerprint density at radius 3 is 2.41 bits per heavy atom. The van der Waals surface area contributed by atoms with Gasteiger partial charge in [0, 0.05) is 17.7 Å². The molecular weight excluding hydrogens is 363 g/mol. The van der Waals surface area contributed by atoms with Gasteiger partial charge in [0.05, 0.1) is 7.11 Å². The first-order chi connectivity index (χ1) is 12.6. The lowest BCUT2D eigenvalue weighted by molar-refractivity contribution is -0.274. The Kier molecular flexibility index (Phi) is 6.09. The van der Waals surface area contributed by atoms with Crippen LogP contribution in [0.25, 0.3) is 0 Å². The van der Waals surface area contributed by atoms with Crippen LogP contribution in [0, 0.1) is 13.8 Å². The molecule has 0 atom stereocenters. The lowest BCUT2D eigenvalue weighted by Gasteiger charge is -2.13. The lowest BCUT2D eigenvalue weighted by atomic mass is 9.96. The van der Waals surface area contributed by atoms with Crippen molar-refractivity contribution in [2.45, 2.75) is 26.6 Å². The van der Waals surface area contributed by atoms with Gasteiger partial charge in [-0.05, 0) is 54.8 Å². The largest absolute Gasteiger partial charge is 0.573 e. The van der Waals surface area contributed by atoms with Gasteiger partial charge in [-0.15, -0.1) is 13.2 Å². The van der Waals surface area contributed by atoms with E-state index in [4.69, 9.17) is 0 Å². The standard InChI is InChI=1S/C19H18F3NO4/c1-11-8-16(23-18(25)26-3)12(2)7-15(11)17(24)10-13-5-4-6-14(9-13)27-19(20,21)22/h4-9H,10H2,1-3H3,(H,23,25). The number of hydrogen-bond acceptors (Lipinski definition) is 4. The number of nitrogens with one attached hydrogen (secondary N) is 1. The molecule has 2 aromatic carbocycles.